The summed E-state index contributed by atoms with van der Waals surface area (Å²) in [7, 11) is 0. The van der Waals surface area contributed by atoms with Gasteiger partial charge in [0.05, 0.1) is 18.2 Å². The maximum atomic E-state index is 13.6. The van der Waals surface area contributed by atoms with Crippen molar-refractivity contribution < 1.29 is 23.9 Å². The zero-order valence-corrected chi connectivity index (χ0v) is 24.4. The van der Waals surface area contributed by atoms with Crippen molar-refractivity contribution in [2.24, 2.45) is 28.1 Å². The minimum atomic E-state index is -1.08. The summed E-state index contributed by atoms with van der Waals surface area (Å²) in [5, 5.41) is 8.25. The number of likely N-dealkylation sites (tertiary alicyclic amines) is 1. The average molecular weight is 555 g/mol. The lowest BCUT2D eigenvalue weighted by molar-refractivity contribution is -0.142. The summed E-state index contributed by atoms with van der Waals surface area (Å²) < 4.78 is 5.81. The highest BCUT2D eigenvalue weighted by Crippen LogP contribution is 2.20. The van der Waals surface area contributed by atoms with E-state index >= 15 is 0 Å². The second-order valence-corrected chi connectivity index (χ2v) is 11.3. The molecule has 224 valence electrons. The van der Waals surface area contributed by atoms with Crippen LogP contribution in [0, 0.1) is 5.92 Å². The third-order valence-corrected chi connectivity index (χ3v) is 6.13. The smallest absolute Gasteiger partial charge is 0.245 e. The van der Waals surface area contributed by atoms with Gasteiger partial charge in [-0.1, -0.05) is 13.8 Å². The number of carbonyl (C=O) groups excluding carboxylic acids is 4. The first-order valence-electron chi connectivity index (χ1n) is 13.8. The number of rotatable bonds is 15. The largest absolute Gasteiger partial charge is 0.373 e. The summed E-state index contributed by atoms with van der Waals surface area (Å²) >= 11 is 0. The van der Waals surface area contributed by atoms with Crippen LogP contribution in [0.3, 0.4) is 0 Å². The van der Waals surface area contributed by atoms with Crippen molar-refractivity contribution in [3.05, 3.63) is 0 Å². The molecule has 1 aliphatic rings. The van der Waals surface area contributed by atoms with Crippen LogP contribution < -0.4 is 33.2 Å². The van der Waals surface area contributed by atoms with Gasteiger partial charge in [-0.15, -0.1) is 0 Å². The lowest BCUT2D eigenvalue weighted by Crippen LogP contribution is -2.59. The minimum absolute atomic E-state index is 0.0717. The molecule has 13 nitrogen and oxygen atoms in total. The van der Waals surface area contributed by atoms with E-state index in [1.54, 1.807) is 0 Å². The third-order valence-electron chi connectivity index (χ3n) is 6.13. The normalized spacial score (nSPS) is 17.7. The van der Waals surface area contributed by atoms with Crippen LogP contribution in [-0.4, -0.2) is 90.5 Å². The van der Waals surface area contributed by atoms with Gasteiger partial charge in [-0.3, -0.25) is 24.2 Å². The molecule has 1 heterocycles. The zero-order chi connectivity index (χ0) is 29.8. The number of hydrogen-bond acceptors (Lipinski definition) is 7. The molecule has 4 atom stereocenters. The monoisotopic (exact) mass is 554 g/mol. The van der Waals surface area contributed by atoms with Gasteiger partial charge in [-0.2, -0.15) is 0 Å². The van der Waals surface area contributed by atoms with Gasteiger partial charge in [0.1, 0.15) is 18.1 Å². The van der Waals surface area contributed by atoms with E-state index in [9.17, 15) is 19.2 Å². The summed E-state index contributed by atoms with van der Waals surface area (Å²) in [6, 6.07) is -3.45. The molecule has 0 bridgehead atoms. The number of ether oxygens (including phenoxy) is 1. The first kappa shape index (κ1) is 34.1. The Hall–Kier alpha value is -2.93. The Morgan fingerprint density at radius 2 is 1.72 bits per heavy atom. The van der Waals surface area contributed by atoms with Crippen LogP contribution in [-0.2, 0) is 23.9 Å². The van der Waals surface area contributed by atoms with Crippen molar-refractivity contribution in [2.45, 2.75) is 103 Å². The highest BCUT2D eigenvalue weighted by Gasteiger charge is 2.38. The van der Waals surface area contributed by atoms with Gasteiger partial charge in [0, 0.05) is 19.6 Å². The van der Waals surface area contributed by atoms with Gasteiger partial charge in [0.15, 0.2) is 5.96 Å². The minimum Gasteiger partial charge on any atom is -0.373 e. The van der Waals surface area contributed by atoms with Crippen LogP contribution in [0.15, 0.2) is 4.99 Å². The Labute approximate surface area is 232 Å². The number of hydrogen-bond donors (Lipinski definition) is 6. The van der Waals surface area contributed by atoms with Crippen LogP contribution in [0.5, 0.6) is 0 Å². The van der Waals surface area contributed by atoms with Crippen LogP contribution >= 0.6 is 0 Å². The fourth-order valence-corrected chi connectivity index (χ4v) is 4.24. The number of nitrogens with zero attached hydrogens (tertiary/aromatic N) is 2. The lowest BCUT2D eigenvalue weighted by atomic mass is 10.0. The van der Waals surface area contributed by atoms with Crippen molar-refractivity contribution in [1.29, 1.82) is 0 Å². The Balaban J connectivity index is 3.14. The molecule has 4 amide bonds. The van der Waals surface area contributed by atoms with E-state index in [-0.39, 0.29) is 43.3 Å². The molecule has 39 heavy (non-hydrogen) atoms. The van der Waals surface area contributed by atoms with E-state index in [2.05, 4.69) is 20.9 Å². The molecule has 1 aliphatic heterocycles. The van der Waals surface area contributed by atoms with Gasteiger partial charge < -0.3 is 42.8 Å². The second-order valence-electron chi connectivity index (χ2n) is 11.3. The standard InChI is InChI=1S/C26H50N8O5/c1-7-30-23(37)20-11-9-13-34(20)24(38)18(10-8-12-31-25(28)29)32-22(36)19(15-39-26(4,5)6)33-21(35)17(27)14-16(2)3/h16-20H,7-15,27H2,1-6H3,(H,30,37)(H,32,36)(H,33,35)(H4,28,29,31)/t17-,18+,19+,20+/m1/s1. The zero-order valence-electron chi connectivity index (χ0n) is 24.4. The molecule has 0 saturated carbocycles. The number of nitrogens with one attached hydrogen (secondary N) is 3. The summed E-state index contributed by atoms with van der Waals surface area (Å²) in [5.74, 6) is -1.55. The molecule has 13 heteroatoms. The quantitative estimate of drug-likeness (QED) is 0.0866. The van der Waals surface area contributed by atoms with Gasteiger partial charge in [0.25, 0.3) is 0 Å². The molecule has 1 saturated heterocycles. The molecule has 0 unspecified atom stereocenters. The first-order valence-corrected chi connectivity index (χ1v) is 13.8. The van der Waals surface area contributed by atoms with Crippen LogP contribution in [0.1, 0.15) is 73.6 Å². The Morgan fingerprint density at radius 3 is 2.28 bits per heavy atom. The van der Waals surface area contributed by atoms with Gasteiger partial charge >= 0.3 is 0 Å². The van der Waals surface area contributed by atoms with Crippen LogP contribution in [0.4, 0.5) is 0 Å². The van der Waals surface area contributed by atoms with Gasteiger partial charge in [-0.25, -0.2) is 0 Å². The summed E-state index contributed by atoms with van der Waals surface area (Å²) in [4.78, 5) is 57.9. The van der Waals surface area contributed by atoms with E-state index < -0.39 is 41.6 Å². The molecule has 0 aliphatic carbocycles. The van der Waals surface area contributed by atoms with Crippen LogP contribution in [0.2, 0.25) is 0 Å². The first-order chi connectivity index (χ1) is 18.2. The highest BCUT2D eigenvalue weighted by molar-refractivity contribution is 5.95. The maximum absolute atomic E-state index is 13.6. The average Bonchev–Trinajstić information content (AvgIpc) is 3.32. The molecule has 0 aromatic heterocycles. The molecule has 0 aromatic carbocycles. The second kappa shape index (κ2) is 16.2. The molecule has 0 radical (unpaired) electrons. The van der Waals surface area contributed by atoms with Crippen LogP contribution in [0.25, 0.3) is 0 Å². The van der Waals surface area contributed by atoms with E-state index in [0.29, 0.717) is 38.8 Å². The lowest BCUT2D eigenvalue weighted by Gasteiger charge is -2.30. The third kappa shape index (κ3) is 12.6. The molecule has 9 N–H and O–H groups in total. The fraction of sp³-hybridized carbons (Fsp3) is 0.808. The Kier molecular flexibility index (Phi) is 14.2. The summed E-state index contributed by atoms with van der Waals surface area (Å²) in [6.07, 6.45) is 2.30. The van der Waals surface area contributed by atoms with Crippen molar-refractivity contribution in [3.63, 3.8) is 0 Å². The van der Waals surface area contributed by atoms with Crippen molar-refractivity contribution >= 4 is 29.6 Å². The summed E-state index contributed by atoms with van der Waals surface area (Å²) in [5.41, 5.74) is 16.3. The number of guanidine groups is 1. The highest BCUT2D eigenvalue weighted by atomic mass is 16.5. The number of likely N-dealkylation sites (N-methyl/N-ethyl adjacent to an activating group) is 1. The number of aliphatic imine (C=N–C) groups is 1. The molecular formula is C26H50N8O5. The van der Waals surface area contributed by atoms with E-state index in [4.69, 9.17) is 21.9 Å². The molecule has 0 aromatic rings. The van der Waals surface area contributed by atoms with E-state index in [0.717, 1.165) is 0 Å². The van der Waals surface area contributed by atoms with E-state index in [1.807, 2.05) is 41.5 Å². The topological polar surface area (TPSA) is 207 Å². The number of nitrogens with two attached hydrogens (primary N) is 3. The molecule has 1 fully saturated rings. The predicted molar refractivity (Wildman–Crippen MR) is 150 cm³/mol. The van der Waals surface area contributed by atoms with E-state index in [1.165, 1.54) is 4.90 Å². The molecule has 0 spiro atoms. The molecular weight excluding hydrogens is 504 g/mol. The fourth-order valence-electron chi connectivity index (χ4n) is 4.24. The van der Waals surface area contributed by atoms with Crippen molar-refractivity contribution in [2.75, 3.05) is 26.2 Å². The molecule has 1 rings (SSSR count). The van der Waals surface area contributed by atoms with Gasteiger partial charge in [-0.05, 0) is 65.7 Å². The predicted octanol–water partition coefficient (Wildman–Crippen LogP) is -0.675. The maximum Gasteiger partial charge on any atom is 0.245 e. The summed E-state index contributed by atoms with van der Waals surface area (Å²) in [6.45, 7) is 12.2. The SMILES string of the molecule is CCNC(=O)[C@@H]1CCCN1C(=O)[C@H](CCCN=C(N)N)NC(=O)[C@H](COC(C)(C)C)NC(=O)[C@H](N)CC(C)C. The van der Waals surface area contributed by atoms with Crippen molar-refractivity contribution in [3.8, 4) is 0 Å². The Morgan fingerprint density at radius 1 is 1.08 bits per heavy atom. The van der Waals surface area contributed by atoms with Gasteiger partial charge in [0.2, 0.25) is 23.6 Å². The Bertz CT molecular complexity index is 854. The number of carbonyl (C=O) groups is 4. The number of amides is 4. The van der Waals surface area contributed by atoms with Crippen molar-refractivity contribution in [1.82, 2.24) is 20.9 Å².